The maximum Gasteiger partial charge on any atom is 0.0900 e. The molecular formula is C13H30N2O2. The molecule has 4 heteroatoms. The summed E-state index contributed by atoms with van der Waals surface area (Å²) in [4.78, 5) is 4.47. The molecule has 0 aromatic carbocycles. The minimum absolute atomic E-state index is 0.186. The van der Waals surface area contributed by atoms with Crippen molar-refractivity contribution in [2.24, 2.45) is 0 Å². The summed E-state index contributed by atoms with van der Waals surface area (Å²) in [5.41, 5.74) is 0. The molecule has 0 bridgehead atoms. The minimum atomic E-state index is -0.383. The fourth-order valence-corrected chi connectivity index (χ4v) is 1.61. The van der Waals surface area contributed by atoms with E-state index in [0.717, 1.165) is 26.1 Å². The maximum absolute atomic E-state index is 9.88. The second-order valence-corrected chi connectivity index (χ2v) is 5.14. The van der Waals surface area contributed by atoms with Crippen LogP contribution >= 0.6 is 0 Å². The van der Waals surface area contributed by atoms with Gasteiger partial charge < -0.3 is 14.7 Å². The summed E-state index contributed by atoms with van der Waals surface area (Å²) in [6.45, 7) is 10.3. The van der Waals surface area contributed by atoms with Crippen LogP contribution < -0.4 is 0 Å². The van der Waals surface area contributed by atoms with Crippen molar-refractivity contribution in [1.29, 1.82) is 0 Å². The first-order valence-corrected chi connectivity index (χ1v) is 6.62. The third kappa shape index (κ3) is 10.7. The summed E-state index contributed by atoms with van der Waals surface area (Å²) in [7, 11) is 4.14. The van der Waals surface area contributed by atoms with E-state index in [4.69, 9.17) is 4.74 Å². The summed E-state index contributed by atoms with van der Waals surface area (Å²) >= 11 is 0. The molecule has 0 saturated heterocycles. The predicted octanol–water partition coefficient (Wildman–Crippen LogP) is 1.05. The standard InChI is InChI=1S/C13H30N2O2/c1-6-7-15(9-8-14(4)5)10-13(16)11-17-12(2)3/h12-13,16H,6-11H2,1-5H3. The molecule has 1 atom stereocenters. The first-order chi connectivity index (χ1) is 7.95. The molecular weight excluding hydrogens is 216 g/mol. The monoisotopic (exact) mass is 246 g/mol. The molecule has 0 rings (SSSR count). The van der Waals surface area contributed by atoms with Crippen molar-refractivity contribution >= 4 is 0 Å². The Kier molecular flexibility index (Phi) is 9.74. The quantitative estimate of drug-likeness (QED) is 0.625. The lowest BCUT2D eigenvalue weighted by Gasteiger charge is -2.26. The molecule has 0 fully saturated rings. The minimum Gasteiger partial charge on any atom is -0.389 e. The fraction of sp³-hybridized carbons (Fsp3) is 1.00. The highest BCUT2D eigenvalue weighted by Gasteiger charge is 2.12. The third-order valence-corrected chi connectivity index (χ3v) is 2.49. The molecule has 17 heavy (non-hydrogen) atoms. The first-order valence-electron chi connectivity index (χ1n) is 6.62. The average molecular weight is 246 g/mol. The third-order valence-electron chi connectivity index (χ3n) is 2.49. The van der Waals surface area contributed by atoms with Crippen LogP contribution in [0.2, 0.25) is 0 Å². The lowest BCUT2D eigenvalue weighted by Crippen LogP contribution is -2.39. The zero-order valence-corrected chi connectivity index (χ0v) is 12.1. The number of nitrogens with zero attached hydrogens (tertiary/aromatic N) is 2. The van der Waals surface area contributed by atoms with E-state index >= 15 is 0 Å². The Morgan fingerprint density at radius 2 is 1.76 bits per heavy atom. The van der Waals surface area contributed by atoms with Crippen molar-refractivity contribution in [1.82, 2.24) is 9.80 Å². The Labute approximate surface area is 107 Å². The molecule has 0 heterocycles. The van der Waals surface area contributed by atoms with Gasteiger partial charge in [0.05, 0.1) is 18.8 Å². The summed E-state index contributed by atoms with van der Waals surface area (Å²) in [5.74, 6) is 0. The van der Waals surface area contributed by atoms with Gasteiger partial charge in [0.1, 0.15) is 0 Å². The second kappa shape index (κ2) is 9.83. The van der Waals surface area contributed by atoms with Gasteiger partial charge in [-0.2, -0.15) is 0 Å². The molecule has 0 aliphatic carbocycles. The topological polar surface area (TPSA) is 35.9 Å². The van der Waals surface area contributed by atoms with Gasteiger partial charge in [0.25, 0.3) is 0 Å². The highest BCUT2D eigenvalue weighted by molar-refractivity contribution is 4.65. The molecule has 104 valence electrons. The van der Waals surface area contributed by atoms with E-state index in [-0.39, 0.29) is 12.2 Å². The van der Waals surface area contributed by atoms with E-state index in [2.05, 4.69) is 30.8 Å². The smallest absolute Gasteiger partial charge is 0.0900 e. The Morgan fingerprint density at radius 3 is 2.24 bits per heavy atom. The highest BCUT2D eigenvalue weighted by atomic mass is 16.5. The molecule has 0 aliphatic rings. The van der Waals surface area contributed by atoms with Crippen molar-refractivity contribution in [3.63, 3.8) is 0 Å². The first kappa shape index (κ1) is 16.8. The molecule has 0 aliphatic heterocycles. The van der Waals surface area contributed by atoms with Gasteiger partial charge in [-0.15, -0.1) is 0 Å². The van der Waals surface area contributed by atoms with Crippen LogP contribution in [0.3, 0.4) is 0 Å². The van der Waals surface area contributed by atoms with Crippen LogP contribution in [0.1, 0.15) is 27.2 Å². The number of aliphatic hydroxyl groups excluding tert-OH is 1. The van der Waals surface area contributed by atoms with Gasteiger partial charge in [-0.25, -0.2) is 0 Å². The van der Waals surface area contributed by atoms with Crippen LogP contribution in [-0.4, -0.2) is 74.0 Å². The van der Waals surface area contributed by atoms with E-state index < -0.39 is 0 Å². The van der Waals surface area contributed by atoms with Gasteiger partial charge in [-0.3, -0.25) is 4.90 Å². The van der Waals surface area contributed by atoms with Gasteiger partial charge in [0.2, 0.25) is 0 Å². The van der Waals surface area contributed by atoms with Crippen LogP contribution in [0.5, 0.6) is 0 Å². The van der Waals surface area contributed by atoms with E-state index in [0.29, 0.717) is 13.2 Å². The van der Waals surface area contributed by atoms with E-state index in [1.54, 1.807) is 0 Å². The Bertz CT molecular complexity index is 175. The van der Waals surface area contributed by atoms with Gasteiger partial charge in [0, 0.05) is 19.6 Å². The number of hydrogen-bond acceptors (Lipinski definition) is 4. The number of aliphatic hydroxyl groups is 1. The van der Waals surface area contributed by atoms with E-state index in [9.17, 15) is 5.11 Å². The molecule has 0 saturated carbocycles. The SMILES string of the molecule is CCCN(CCN(C)C)CC(O)COC(C)C. The second-order valence-electron chi connectivity index (χ2n) is 5.14. The molecule has 0 aromatic heterocycles. The summed E-state index contributed by atoms with van der Waals surface area (Å²) in [6, 6.07) is 0. The van der Waals surface area contributed by atoms with Crippen LogP contribution in [-0.2, 0) is 4.74 Å². The zero-order chi connectivity index (χ0) is 13.3. The number of ether oxygens (including phenoxy) is 1. The largest absolute Gasteiger partial charge is 0.389 e. The molecule has 1 N–H and O–H groups in total. The summed E-state index contributed by atoms with van der Waals surface area (Å²) in [6.07, 6.45) is 0.919. The Balaban J connectivity index is 3.87. The predicted molar refractivity (Wildman–Crippen MR) is 72.4 cm³/mol. The van der Waals surface area contributed by atoms with Gasteiger partial charge in [-0.05, 0) is 40.9 Å². The number of likely N-dealkylation sites (N-methyl/N-ethyl adjacent to an activating group) is 1. The van der Waals surface area contributed by atoms with Gasteiger partial charge in [-0.1, -0.05) is 6.92 Å². The zero-order valence-electron chi connectivity index (χ0n) is 12.1. The van der Waals surface area contributed by atoms with Gasteiger partial charge >= 0.3 is 0 Å². The molecule has 1 unspecified atom stereocenters. The molecule has 0 radical (unpaired) electrons. The van der Waals surface area contributed by atoms with Crippen LogP contribution in [0, 0.1) is 0 Å². The fourth-order valence-electron chi connectivity index (χ4n) is 1.61. The number of rotatable bonds is 10. The summed E-state index contributed by atoms with van der Waals surface area (Å²) < 4.78 is 5.42. The normalized spacial score (nSPS) is 13.9. The van der Waals surface area contributed by atoms with Crippen LogP contribution in [0.15, 0.2) is 0 Å². The molecule has 0 spiro atoms. The van der Waals surface area contributed by atoms with Crippen LogP contribution in [0.25, 0.3) is 0 Å². The molecule has 0 aromatic rings. The van der Waals surface area contributed by atoms with Crippen molar-refractivity contribution in [2.45, 2.75) is 39.4 Å². The highest BCUT2D eigenvalue weighted by Crippen LogP contribution is 1.98. The maximum atomic E-state index is 9.88. The van der Waals surface area contributed by atoms with Crippen molar-refractivity contribution < 1.29 is 9.84 Å². The van der Waals surface area contributed by atoms with Crippen molar-refractivity contribution in [2.75, 3.05) is 46.9 Å². The summed E-state index contributed by atoms with van der Waals surface area (Å²) in [5, 5.41) is 9.88. The average Bonchev–Trinajstić information content (AvgIpc) is 2.23. The number of hydrogen-bond donors (Lipinski definition) is 1. The van der Waals surface area contributed by atoms with E-state index in [1.807, 2.05) is 13.8 Å². The van der Waals surface area contributed by atoms with Gasteiger partial charge in [0.15, 0.2) is 0 Å². The van der Waals surface area contributed by atoms with Crippen molar-refractivity contribution in [3.05, 3.63) is 0 Å². The van der Waals surface area contributed by atoms with Crippen molar-refractivity contribution in [3.8, 4) is 0 Å². The Hall–Kier alpha value is -0.160. The Morgan fingerprint density at radius 1 is 1.12 bits per heavy atom. The molecule has 0 amide bonds. The lowest BCUT2D eigenvalue weighted by atomic mass is 10.3. The van der Waals surface area contributed by atoms with Crippen LogP contribution in [0.4, 0.5) is 0 Å². The molecule has 4 nitrogen and oxygen atoms in total. The van der Waals surface area contributed by atoms with E-state index in [1.165, 1.54) is 0 Å². The lowest BCUT2D eigenvalue weighted by molar-refractivity contribution is -0.00897.